The summed E-state index contributed by atoms with van der Waals surface area (Å²) >= 11 is 0. The van der Waals surface area contributed by atoms with E-state index >= 15 is 0 Å². The third kappa shape index (κ3) is 6.99. The van der Waals surface area contributed by atoms with Crippen molar-refractivity contribution >= 4 is 29.9 Å². The van der Waals surface area contributed by atoms with Gasteiger partial charge in [-0.3, -0.25) is 0 Å². The van der Waals surface area contributed by atoms with Gasteiger partial charge in [-0.15, -0.1) is 24.0 Å². The minimum atomic E-state index is 0. The first-order valence-corrected chi connectivity index (χ1v) is 10.3. The molecule has 1 aromatic carbocycles. The van der Waals surface area contributed by atoms with Crippen LogP contribution in [0, 0.1) is 5.41 Å². The van der Waals surface area contributed by atoms with Crippen LogP contribution in [0.4, 0.5) is 0 Å². The van der Waals surface area contributed by atoms with Crippen molar-refractivity contribution in [3.63, 3.8) is 0 Å². The summed E-state index contributed by atoms with van der Waals surface area (Å²) in [5.74, 6) is 1.83. The van der Waals surface area contributed by atoms with Gasteiger partial charge in [-0.1, -0.05) is 36.8 Å². The molecule has 0 saturated heterocycles. The molecular formula is C22H34IN5O. The van der Waals surface area contributed by atoms with Crippen LogP contribution in [0.3, 0.4) is 0 Å². The molecule has 0 aliphatic heterocycles. The third-order valence-corrected chi connectivity index (χ3v) is 5.60. The van der Waals surface area contributed by atoms with Gasteiger partial charge in [0.15, 0.2) is 5.96 Å². The number of hydrogen-bond acceptors (Lipinski definition) is 3. The Bertz CT molecular complexity index is 743. The lowest BCUT2D eigenvalue weighted by molar-refractivity contribution is 0.0732. The molecule has 1 aromatic heterocycles. The quantitative estimate of drug-likeness (QED) is 0.289. The molecule has 0 bridgehead atoms. The second-order valence-corrected chi connectivity index (χ2v) is 7.60. The lowest BCUT2D eigenvalue weighted by atomic mass is 9.67. The number of aliphatic imine (C=N–C) groups is 1. The van der Waals surface area contributed by atoms with Crippen molar-refractivity contribution in [2.75, 3.05) is 26.8 Å². The van der Waals surface area contributed by atoms with Gasteiger partial charge in [0.25, 0.3) is 0 Å². The minimum absolute atomic E-state index is 0. The number of guanidine groups is 1. The van der Waals surface area contributed by atoms with Crippen LogP contribution in [-0.2, 0) is 17.8 Å². The van der Waals surface area contributed by atoms with Crippen LogP contribution in [0.15, 0.2) is 47.7 Å². The highest BCUT2D eigenvalue weighted by molar-refractivity contribution is 14.0. The Labute approximate surface area is 191 Å². The van der Waals surface area contributed by atoms with Gasteiger partial charge in [0.05, 0.1) is 0 Å². The Morgan fingerprint density at radius 3 is 2.69 bits per heavy atom. The van der Waals surface area contributed by atoms with Crippen molar-refractivity contribution in [1.29, 1.82) is 0 Å². The van der Waals surface area contributed by atoms with E-state index in [0.717, 1.165) is 44.4 Å². The summed E-state index contributed by atoms with van der Waals surface area (Å²) in [5, 5.41) is 6.91. The zero-order valence-corrected chi connectivity index (χ0v) is 19.9. The van der Waals surface area contributed by atoms with E-state index in [1.54, 1.807) is 7.11 Å². The molecule has 1 aliphatic rings. The van der Waals surface area contributed by atoms with Gasteiger partial charge in [0.2, 0.25) is 0 Å². The number of imidazole rings is 1. The maximum Gasteiger partial charge on any atom is 0.191 e. The maximum absolute atomic E-state index is 5.30. The predicted octanol–water partition coefficient (Wildman–Crippen LogP) is 3.81. The summed E-state index contributed by atoms with van der Waals surface area (Å²) in [7, 11) is 1.78. The second kappa shape index (κ2) is 12.2. The van der Waals surface area contributed by atoms with Crippen molar-refractivity contribution in [2.45, 2.75) is 45.7 Å². The van der Waals surface area contributed by atoms with E-state index in [-0.39, 0.29) is 24.0 Å². The van der Waals surface area contributed by atoms with Crippen molar-refractivity contribution in [3.05, 3.63) is 54.1 Å². The number of ether oxygens (including phenoxy) is 1. The first kappa shape index (κ1) is 23.7. The average Bonchev–Trinajstić information content (AvgIpc) is 3.12. The standard InChI is InChI=1S/C22H33N5O.HI/c1-3-23-21(26-18-22(10-7-11-22)12-15-28-2)25-16-20-24-13-14-27(20)17-19-8-5-4-6-9-19;/h4-6,8-9,13-14H,3,7,10-12,15-18H2,1-2H3,(H2,23,25,26);1H. The molecule has 160 valence electrons. The van der Waals surface area contributed by atoms with Crippen molar-refractivity contribution in [1.82, 2.24) is 20.2 Å². The van der Waals surface area contributed by atoms with E-state index in [9.17, 15) is 0 Å². The molecule has 6 nitrogen and oxygen atoms in total. The first-order valence-electron chi connectivity index (χ1n) is 10.3. The predicted molar refractivity (Wildman–Crippen MR) is 129 cm³/mol. The largest absolute Gasteiger partial charge is 0.385 e. The monoisotopic (exact) mass is 511 g/mol. The summed E-state index contributed by atoms with van der Waals surface area (Å²) < 4.78 is 7.46. The Morgan fingerprint density at radius 1 is 1.24 bits per heavy atom. The number of hydrogen-bond donors (Lipinski definition) is 2. The van der Waals surface area contributed by atoms with Crippen LogP contribution in [0.5, 0.6) is 0 Å². The SMILES string of the molecule is CCNC(=NCc1nccn1Cc1ccccc1)NCC1(CCOC)CCC1.I. The normalized spacial score (nSPS) is 15.3. The van der Waals surface area contributed by atoms with Crippen molar-refractivity contribution in [2.24, 2.45) is 10.4 Å². The summed E-state index contributed by atoms with van der Waals surface area (Å²) in [6.45, 7) is 6.08. The van der Waals surface area contributed by atoms with Gasteiger partial charge >= 0.3 is 0 Å². The van der Waals surface area contributed by atoms with Crippen molar-refractivity contribution < 1.29 is 4.74 Å². The molecular weight excluding hydrogens is 477 g/mol. The zero-order chi connectivity index (χ0) is 19.7. The molecule has 0 unspecified atom stereocenters. The molecule has 0 radical (unpaired) electrons. The van der Waals surface area contributed by atoms with Crippen LogP contribution in [0.25, 0.3) is 0 Å². The molecule has 3 rings (SSSR count). The fraction of sp³-hybridized carbons (Fsp3) is 0.545. The van der Waals surface area contributed by atoms with E-state index in [1.807, 2.05) is 18.5 Å². The number of halogens is 1. The molecule has 1 fully saturated rings. The molecule has 7 heteroatoms. The van der Waals surface area contributed by atoms with Gasteiger partial charge < -0.3 is 19.9 Å². The van der Waals surface area contributed by atoms with E-state index in [0.29, 0.717) is 12.0 Å². The van der Waals surface area contributed by atoms with Crippen LogP contribution in [0.1, 0.15) is 44.0 Å². The molecule has 0 atom stereocenters. The lowest BCUT2D eigenvalue weighted by Crippen LogP contribution is -2.47. The first-order chi connectivity index (χ1) is 13.7. The van der Waals surface area contributed by atoms with Crippen LogP contribution < -0.4 is 10.6 Å². The van der Waals surface area contributed by atoms with E-state index < -0.39 is 0 Å². The molecule has 29 heavy (non-hydrogen) atoms. The van der Waals surface area contributed by atoms with Crippen LogP contribution in [-0.4, -0.2) is 42.3 Å². The Kier molecular flexibility index (Phi) is 9.93. The van der Waals surface area contributed by atoms with Crippen LogP contribution >= 0.6 is 24.0 Å². The fourth-order valence-corrected chi connectivity index (χ4v) is 3.69. The third-order valence-electron chi connectivity index (χ3n) is 5.60. The summed E-state index contributed by atoms with van der Waals surface area (Å²) in [6.07, 6.45) is 8.83. The second-order valence-electron chi connectivity index (χ2n) is 7.60. The topological polar surface area (TPSA) is 63.5 Å². The smallest absolute Gasteiger partial charge is 0.191 e. The lowest BCUT2D eigenvalue weighted by Gasteiger charge is -2.42. The molecule has 1 aliphatic carbocycles. The number of benzene rings is 1. The van der Waals surface area contributed by atoms with Gasteiger partial charge in [-0.2, -0.15) is 0 Å². The van der Waals surface area contributed by atoms with Gasteiger partial charge in [0.1, 0.15) is 12.4 Å². The number of rotatable bonds is 10. The highest BCUT2D eigenvalue weighted by Gasteiger charge is 2.36. The average molecular weight is 511 g/mol. The maximum atomic E-state index is 5.30. The zero-order valence-electron chi connectivity index (χ0n) is 17.6. The van der Waals surface area contributed by atoms with Crippen molar-refractivity contribution in [3.8, 4) is 0 Å². The highest BCUT2D eigenvalue weighted by atomic mass is 127. The summed E-state index contributed by atoms with van der Waals surface area (Å²) in [5.41, 5.74) is 1.62. The highest BCUT2D eigenvalue weighted by Crippen LogP contribution is 2.43. The Morgan fingerprint density at radius 2 is 2.03 bits per heavy atom. The van der Waals surface area contributed by atoms with E-state index in [2.05, 4.69) is 51.4 Å². The molecule has 1 heterocycles. The molecule has 0 amide bonds. The molecule has 2 aromatic rings. The van der Waals surface area contributed by atoms with Gasteiger partial charge in [-0.05, 0) is 37.2 Å². The summed E-state index contributed by atoms with van der Waals surface area (Å²) in [4.78, 5) is 9.28. The molecule has 2 N–H and O–H groups in total. The number of nitrogens with zero attached hydrogens (tertiary/aromatic N) is 3. The minimum Gasteiger partial charge on any atom is -0.385 e. The molecule has 0 spiro atoms. The number of aromatic nitrogens is 2. The fourth-order valence-electron chi connectivity index (χ4n) is 3.69. The van der Waals surface area contributed by atoms with Crippen LogP contribution in [0.2, 0.25) is 0 Å². The van der Waals surface area contributed by atoms with E-state index in [1.165, 1.54) is 24.8 Å². The van der Waals surface area contributed by atoms with Gasteiger partial charge in [0, 0.05) is 45.7 Å². The number of nitrogens with one attached hydrogen (secondary N) is 2. The molecule has 1 saturated carbocycles. The Balaban J connectivity index is 0.00000300. The van der Waals surface area contributed by atoms with Gasteiger partial charge in [-0.25, -0.2) is 9.98 Å². The number of methoxy groups -OCH3 is 1. The summed E-state index contributed by atoms with van der Waals surface area (Å²) in [6, 6.07) is 10.4. The van der Waals surface area contributed by atoms with E-state index in [4.69, 9.17) is 9.73 Å². The Hall–Kier alpha value is -1.61.